The van der Waals surface area contributed by atoms with Gasteiger partial charge < -0.3 is 9.88 Å². The number of aromatic amines is 1. The number of benzene rings is 1. The molecule has 3 rings (SSSR count). The second-order valence-corrected chi connectivity index (χ2v) is 6.25. The second-order valence-electron chi connectivity index (χ2n) is 5.46. The molecule has 1 amide bonds. The fourth-order valence-corrected chi connectivity index (χ4v) is 3.31. The van der Waals surface area contributed by atoms with Crippen LogP contribution in [0.4, 0.5) is 0 Å². The van der Waals surface area contributed by atoms with Gasteiger partial charge in [0.25, 0.3) is 0 Å². The zero-order valence-electron chi connectivity index (χ0n) is 12.1. The van der Waals surface area contributed by atoms with E-state index in [1.807, 2.05) is 17.0 Å². The number of amides is 1. The van der Waals surface area contributed by atoms with Crippen LogP contribution in [0, 0.1) is 0 Å². The van der Waals surface area contributed by atoms with Crippen LogP contribution in [0.5, 0.6) is 0 Å². The molecule has 116 valence electrons. The topological polar surface area (TPSA) is 49.0 Å². The zero-order valence-corrected chi connectivity index (χ0v) is 13.6. The van der Waals surface area contributed by atoms with E-state index in [4.69, 9.17) is 23.2 Å². The van der Waals surface area contributed by atoms with E-state index in [1.54, 1.807) is 18.5 Å². The number of aromatic nitrogens is 2. The van der Waals surface area contributed by atoms with E-state index < -0.39 is 0 Å². The average molecular weight is 338 g/mol. The summed E-state index contributed by atoms with van der Waals surface area (Å²) in [6, 6.07) is 5.41. The number of imidazole rings is 1. The smallest absolute Gasteiger partial charge is 0.227 e. The molecule has 0 saturated carbocycles. The van der Waals surface area contributed by atoms with Gasteiger partial charge in [0.1, 0.15) is 5.82 Å². The van der Waals surface area contributed by atoms with Crippen LogP contribution in [0.1, 0.15) is 36.7 Å². The van der Waals surface area contributed by atoms with E-state index in [9.17, 15) is 4.79 Å². The van der Waals surface area contributed by atoms with Crippen molar-refractivity contribution in [2.75, 3.05) is 6.54 Å². The molecule has 1 unspecified atom stereocenters. The summed E-state index contributed by atoms with van der Waals surface area (Å²) in [7, 11) is 0. The maximum absolute atomic E-state index is 12.7. The quantitative estimate of drug-likeness (QED) is 0.919. The number of halogens is 2. The Hall–Kier alpha value is -1.52. The molecule has 1 saturated heterocycles. The number of hydrogen-bond donors (Lipinski definition) is 1. The minimum Gasteiger partial charge on any atom is -0.347 e. The molecular formula is C16H17Cl2N3O. The van der Waals surface area contributed by atoms with E-state index in [2.05, 4.69) is 9.97 Å². The number of likely N-dealkylation sites (tertiary alicyclic amines) is 1. The molecule has 1 aromatic heterocycles. The van der Waals surface area contributed by atoms with E-state index >= 15 is 0 Å². The first-order valence-corrected chi connectivity index (χ1v) is 8.14. The molecule has 1 atom stereocenters. The molecule has 1 aliphatic heterocycles. The number of carbonyl (C=O) groups is 1. The van der Waals surface area contributed by atoms with Gasteiger partial charge in [0.15, 0.2) is 0 Å². The minimum atomic E-state index is 0.0224. The fraction of sp³-hybridized carbons (Fsp3) is 0.375. The first kappa shape index (κ1) is 15.4. The van der Waals surface area contributed by atoms with E-state index in [0.29, 0.717) is 10.0 Å². The highest BCUT2D eigenvalue weighted by Crippen LogP contribution is 2.31. The summed E-state index contributed by atoms with van der Waals surface area (Å²) in [5, 5.41) is 0.942. The van der Waals surface area contributed by atoms with Crippen LogP contribution in [-0.2, 0) is 11.2 Å². The first-order chi connectivity index (χ1) is 10.7. The Morgan fingerprint density at radius 3 is 3.00 bits per heavy atom. The number of nitrogens with one attached hydrogen (secondary N) is 1. The van der Waals surface area contributed by atoms with Crippen molar-refractivity contribution in [2.45, 2.75) is 31.7 Å². The highest BCUT2D eigenvalue weighted by Gasteiger charge is 2.29. The number of rotatable bonds is 3. The van der Waals surface area contributed by atoms with Crippen LogP contribution in [-0.4, -0.2) is 27.3 Å². The summed E-state index contributed by atoms with van der Waals surface area (Å²) in [4.78, 5) is 22.1. The van der Waals surface area contributed by atoms with Gasteiger partial charge in [-0.05, 0) is 30.9 Å². The van der Waals surface area contributed by atoms with E-state index in [1.165, 1.54) is 0 Å². The number of carbonyl (C=O) groups excluding carboxylic acids is 1. The third-order valence-corrected chi connectivity index (χ3v) is 4.89. The summed E-state index contributed by atoms with van der Waals surface area (Å²) in [6.07, 6.45) is 6.83. The lowest BCUT2D eigenvalue weighted by molar-refractivity contribution is -0.134. The van der Waals surface area contributed by atoms with Crippen LogP contribution in [0.2, 0.25) is 10.0 Å². The van der Waals surface area contributed by atoms with Gasteiger partial charge in [0.2, 0.25) is 5.91 Å². The highest BCUT2D eigenvalue weighted by atomic mass is 35.5. The Labute approximate surface area is 139 Å². The van der Waals surface area contributed by atoms with Crippen LogP contribution in [0.3, 0.4) is 0 Å². The van der Waals surface area contributed by atoms with Crippen molar-refractivity contribution in [1.82, 2.24) is 14.9 Å². The molecule has 0 spiro atoms. The number of nitrogens with zero attached hydrogens (tertiary/aromatic N) is 2. The molecule has 2 aromatic rings. The molecule has 2 heterocycles. The van der Waals surface area contributed by atoms with Gasteiger partial charge in [0, 0.05) is 18.9 Å². The SMILES string of the molecule is O=C(Cc1cccc(Cl)c1Cl)N1CCCCC1c1ncc[nH]1. The van der Waals surface area contributed by atoms with Gasteiger partial charge in [-0.1, -0.05) is 35.3 Å². The molecular weight excluding hydrogens is 321 g/mol. The number of hydrogen-bond acceptors (Lipinski definition) is 2. The summed E-state index contributed by atoms with van der Waals surface area (Å²) in [6.45, 7) is 0.752. The maximum Gasteiger partial charge on any atom is 0.227 e. The van der Waals surface area contributed by atoms with Crippen molar-refractivity contribution in [3.05, 3.63) is 52.0 Å². The standard InChI is InChI=1S/C16H17Cl2N3O/c17-12-5-3-4-11(15(12)18)10-14(22)21-9-2-1-6-13(21)16-19-7-8-20-16/h3-5,7-8,13H,1-2,6,9-10H2,(H,19,20). The van der Waals surface area contributed by atoms with Crippen LogP contribution >= 0.6 is 23.2 Å². The molecule has 1 N–H and O–H groups in total. The predicted molar refractivity (Wildman–Crippen MR) is 87.1 cm³/mol. The van der Waals surface area contributed by atoms with Gasteiger partial charge in [-0.15, -0.1) is 0 Å². The lowest BCUT2D eigenvalue weighted by Gasteiger charge is -2.34. The van der Waals surface area contributed by atoms with Crippen molar-refractivity contribution in [2.24, 2.45) is 0 Å². The predicted octanol–water partition coefficient (Wildman–Crippen LogP) is 4.01. The summed E-state index contributed by atoms with van der Waals surface area (Å²) in [5.41, 5.74) is 0.767. The molecule has 22 heavy (non-hydrogen) atoms. The van der Waals surface area contributed by atoms with Crippen molar-refractivity contribution >= 4 is 29.1 Å². The number of piperidine rings is 1. The second kappa shape index (κ2) is 6.71. The molecule has 1 fully saturated rings. The lowest BCUT2D eigenvalue weighted by atomic mass is 10.00. The highest BCUT2D eigenvalue weighted by molar-refractivity contribution is 6.42. The molecule has 6 heteroatoms. The summed E-state index contributed by atoms with van der Waals surface area (Å²) >= 11 is 12.2. The monoisotopic (exact) mass is 337 g/mol. The third kappa shape index (κ3) is 3.13. The Balaban J connectivity index is 1.79. The Kier molecular flexibility index (Phi) is 4.69. The molecule has 0 aliphatic carbocycles. The maximum atomic E-state index is 12.7. The molecule has 4 nitrogen and oxygen atoms in total. The summed E-state index contributed by atoms with van der Waals surface area (Å²) < 4.78 is 0. The van der Waals surface area contributed by atoms with Gasteiger partial charge in [-0.25, -0.2) is 4.98 Å². The van der Waals surface area contributed by atoms with Crippen molar-refractivity contribution in [1.29, 1.82) is 0 Å². The average Bonchev–Trinajstić information content (AvgIpc) is 3.06. The van der Waals surface area contributed by atoms with Crippen molar-refractivity contribution in [3.8, 4) is 0 Å². The minimum absolute atomic E-state index is 0.0224. The number of H-pyrrole nitrogens is 1. The summed E-state index contributed by atoms with van der Waals surface area (Å²) in [5.74, 6) is 0.913. The van der Waals surface area contributed by atoms with Gasteiger partial charge in [-0.3, -0.25) is 4.79 Å². The Morgan fingerprint density at radius 1 is 1.36 bits per heavy atom. The van der Waals surface area contributed by atoms with Crippen LogP contribution in [0.25, 0.3) is 0 Å². The molecule has 1 aliphatic rings. The van der Waals surface area contributed by atoms with E-state index in [-0.39, 0.29) is 18.4 Å². The Morgan fingerprint density at radius 2 is 2.23 bits per heavy atom. The van der Waals surface area contributed by atoms with Crippen molar-refractivity contribution in [3.63, 3.8) is 0 Å². The molecule has 0 bridgehead atoms. The zero-order chi connectivity index (χ0) is 15.5. The van der Waals surface area contributed by atoms with Gasteiger partial charge in [0.05, 0.1) is 22.5 Å². The molecule has 1 aromatic carbocycles. The normalized spacial score (nSPS) is 18.5. The fourth-order valence-electron chi connectivity index (χ4n) is 2.92. The first-order valence-electron chi connectivity index (χ1n) is 7.38. The van der Waals surface area contributed by atoms with Gasteiger partial charge in [-0.2, -0.15) is 0 Å². The molecule has 0 radical (unpaired) electrons. The largest absolute Gasteiger partial charge is 0.347 e. The van der Waals surface area contributed by atoms with Crippen molar-refractivity contribution < 1.29 is 4.79 Å². The van der Waals surface area contributed by atoms with Crippen LogP contribution in [0.15, 0.2) is 30.6 Å². The Bertz CT molecular complexity index is 657. The van der Waals surface area contributed by atoms with Gasteiger partial charge >= 0.3 is 0 Å². The third-order valence-electron chi connectivity index (χ3n) is 4.03. The van der Waals surface area contributed by atoms with E-state index in [0.717, 1.165) is 37.2 Å². The lowest BCUT2D eigenvalue weighted by Crippen LogP contribution is -2.39. The van der Waals surface area contributed by atoms with Crippen LogP contribution < -0.4 is 0 Å².